The van der Waals surface area contributed by atoms with Crippen LogP contribution in [0.3, 0.4) is 0 Å². The molecule has 1 fully saturated rings. The molecular weight excluding hydrogens is 444 g/mol. The van der Waals surface area contributed by atoms with E-state index in [-0.39, 0.29) is 38.1 Å². The fraction of sp³-hybridized carbons (Fsp3) is 0.393. The SMILES string of the molecule is C=CCC1(C(=O)O)CN(C(=O)C(C)(C)CCNC(=O)OCC2c3ccccc3-c3ccccc32)C1. The van der Waals surface area contributed by atoms with E-state index in [1.54, 1.807) is 11.0 Å². The number of likely N-dealkylation sites (tertiary alicyclic amines) is 1. The minimum atomic E-state index is -0.937. The van der Waals surface area contributed by atoms with Gasteiger partial charge in [0, 0.05) is 31.0 Å². The second-order valence-corrected chi connectivity index (χ2v) is 10.1. The number of carbonyl (C=O) groups is 3. The number of rotatable bonds is 9. The van der Waals surface area contributed by atoms with Crippen molar-refractivity contribution in [2.24, 2.45) is 10.8 Å². The number of hydrogen-bond donors (Lipinski definition) is 2. The molecule has 2 aromatic rings. The van der Waals surface area contributed by atoms with Crippen molar-refractivity contribution in [3.8, 4) is 11.1 Å². The van der Waals surface area contributed by atoms with Gasteiger partial charge < -0.3 is 20.1 Å². The standard InChI is InChI=1S/C28H32N2O5/c1-4-13-28(25(32)33)17-30(18-28)24(31)27(2,3)14-15-29-26(34)35-16-23-21-11-7-5-9-19(21)20-10-6-8-12-22(20)23/h4-12,23H,1,13-18H2,2-3H3,(H,29,34)(H,32,33). The first kappa shape index (κ1) is 24.5. The van der Waals surface area contributed by atoms with E-state index in [2.05, 4.69) is 36.2 Å². The topological polar surface area (TPSA) is 95.9 Å². The van der Waals surface area contributed by atoms with Crippen LogP contribution in [0.5, 0.6) is 0 Å². The van der Waals surface area contributed by atoms with Crippen molar-refractivity contribution in [3.05, 3.63) is 72.3 Å². The highest BCUT2D eigenvalue weighted by atomic mass is 16.5. The van der Waals surface area contributed by atoms with Crippen molar-refractivity contribution in [2.75, 3.05) is 26.2 Å². The second kappa shape index (κ2) is 9.56. The number of nitrogens with one attached hydrogen (secondary N) is 1. The summed E-state index contributed by atoms with van der Waals surface area (Å²) in [4.78, 5) is 38.5. The molecule has 0 aromatic heterocycles. The van der Waals surface area contributed by atoms with Gasteiger partial charge in [0.15, 0.2) is 0 Å². The minimum absolute atomic E-state index is 0.0114. The highest BCUT2D eigenvalue weighted by Gasteiger charge is 2.52. The smallest absolute Gasteiger partial charge is 0.407 e. The van der Waals surface area contributed by atoms with Crippen LogP contribution < -0.4 is 5.32 Å². The maximum atomic E-state index is 12.9. The average Bonchev–Trinajstić information content (AvgIpc) is 3.13. The summed E-state index contributed by atoms with van der Waals surface area (Å²) in [6.45, 7) is 8.11. The summed E-state index contributed by atoms with van der Waals surface area (Å²) in [6, 6.07) is 16.3. The third-order valence-electron chi connectivity index (χ3n) is 7.20. The van der Waals surface area contributed by atoms with E-state index in [9.17, 15) is 19.5 Å². The zero-order valence-electron chi connectivity index (χ0n) is 20.3. The Hall–Kier alpha value is -3.61. The maximum absolute atomic E-state index is 12.9. The monoisotopic (exact) mass is 476 g/mol. The van der Waals surface area contributed by atoms with Crippen LogP contribution in [0.25, 0.3) is 11.1 Å². The van der Waals surface area contributed by atoms with Gasteiger partial charge in [-0.05, 0) is 35.1 Å². The Balaban J connectivity index is 1.26. The van der Waals surface area contributed by atoms with Gasteiger partial charge in [0.2, 0.25) is 5.91 Å². The van der Waals surface area contributed by atoms with Crippen LogP contribution in [-0.2, 0) is 14.3 Å². The lowest BCUT2D eigenvalue weighted by atomic mass is 9.74. The number of carboxylic acids is 1. The summed E-state index contributed by atoms with van der Waals surface area (Å²) >= 11 is 0. The molecule has 1 heterocycles. The molecule has 2 aromatic carbocycles. The molecule has 4 rings (SSSR count). The zero-order valence-corrected chi connectivity index (χ0v) is 20.3. The number of amides is 2. The Morgan fingerprint density at radius 2 is 1.69 bits per heavy atom. The van der Waals surface area contributed by atoms with Gasteiger partial charge >= 0.3 is 12.1 Å². The number of nitrogens with zero attached hydrogens (tertiary/aromatic N) is 1. The lowest BCUT2D eigenvalue weighted by Gasteiger charge is -2.49. The quantitative estimate of drug-likeness (QED) is 0.522. The molecule has 0 unspecified atom stereocenters. The Labute approximate surface area is 205 Å². The first-order valence-electron chi connectivity index (χ1n) is 11.9. The van der Waals surface area contributed by atoms with Crippen LogP contribution in [0, 0.1) is 10.8 Å². The van der Waals surface area contributed by atoms with E-state index in [0.29, 0.717) is 12.8 Å². The molecule has 2 N–H and O–H groups in total. The van der Waals surface area contributed by atoms with E-state index in [1.165, 1.54) is 11.1 Å². The molecule has 0 saturated carbocycles. The number of allylic oxidation sites excluding steroid dienone is 1. The van der Waals surface area contributed by atoms with Crippen LogP contribution in [-0.4, -0.2) is 54.2 Å². The summed E-state index contributed by atoms with van der Waals surface area (Å²) in [7, 11) is 0. The predicted molar refractivity (Wildman–Crippen MR) is 133 cm³/mol. The van der Waals surface area contributed by atoms with E-state index < -0.39 is 22.9 Å². The number of alkyl carbamates (subject to hydrolysis) is 1. The number of ether oxygens (including phenoxy) is 1. The third kappa shape index (κ3) is 4.67. The molecule has 2 amide bonds. The molecule has 0 radical (unpaired) electrons. The van der Waals surface area contributed by atoms with Crippen molar-refractivity contribution in [3.63, 3.8) is 0 Å². The fourth-order valence-electron chi connectivity index (χ4n) is 5.12. The zero-order chi connectivity index (χ0) is 25.2. The Kier molecular flexibility index (Phi) is 6.70. The van der Waals surface area contributed by atoms with Gasteiger partial charge in [0.1, 0.15) is 12.0 Å². The fourth-order valence-corrected chi connectivity index (χ4v) is 5.12. The number of fused-ring (bicyclic) bond motifs is 3. The van der Waals surface area contributed by atoms with Crippen molar-refractivity contribution >= 4 is 18.0 Å². The largest absolute Gasteiger partial charge is 0.481 e. The van der Waals surface area contributed by atoms with E-state index >= 15 is 0 Å². The highest BCUT2D eigenvalue weighted by molar-refractivity contribution is 5.87. The summed E-state index contributed by atoms with van der Waals surface area (Å²) in [5.74, 6) is -1.04. The van der Waals surface area contributed by atoms with E-state index in [1.807, 2.05) is 38.1 Å². The van der Waals surface area contributed by atoms with Crippen LogP contribution >= 0.6 is 0 Å². The minimum Gasteiger partial charge on any atom is -0.481 e. The van der Waals surface area contributed by atoms with Crippen LogP contribution in [0.2, 0.25) is 0 Å². The van der Waals surface area contributed by atoms with Gasteiger partial charge in [0.05, 0.1) is 0 Å². The second-order valence-electron chi connectivity index (χ2n) is 10.1. The molecule has 0 bridgehead atoms. The molecule has 7 heteroatoms. The van der Waals surface area contributed by atoms with E-state index in [4.69, 9.17) is 4.74 Å². The molecule has 1 saturated heterocycles. The Morgan fingerprint density at radius 3 is 2.23 bits per heavy atom. The summed E-state index contributed by atoms with van der Waals surface area (Å²) in [5.41, 5.74) is 2.96. The number of carbonyl (C=O) groups excluding carboxylic acids is 2. The average molecular weight is 477 g/mol. The summed E-state index contributed by atoms with van der Waals surface area (Å²) in [5, 5.41) is 12.3. The molecular formula is C28H32N2O5. The lowest BCUT2D eigenvalue weighted by Crippen LogP contribution is -2.64. The predicted octanol–water partition coefficient (Wildman–Crippen LogP) is 4.43. The van der Waals surface area contributed by atoms with Crippen LogP contribution in [0.4, 0.5) is 4.79 Å². The first-order chi connectivity index (χ1) is 16.7. The molecule has 2 aliphatic rings. The van der Waals surface area contributed by atoms with Gasteiger partial charge in [-0.15, -0.1) is 6.58 Å². The highest BCUT2D eigenvalue weighted by Crippen LogP contribution is 2.44. The summed E-state index contributed by atoms with van der Waals surface area (Å²) in [6.07, 6.45) is 1.80. The van der Waals surface area contributed by atoms with Gasteiger partial charge in [0.25, 0.3) is 0 Å². The molecule has 35 heavy (non-hydrogen) atoms. The molecule has 7 nitrogen and oxygen atoms in total. The van der Waals surface area contributed by atoms with E-state index in [0.717, 1.165) is 11.1 Å². The maximum Gasteiger partial charge on any atom is 0.407 e. The van der Waals surface area contributed by atoms with Crippen molar-refractivity contribution in [1.82, 2.24) is 10.2 Å². The van der Waals surface area contributed by atoms with Crippen molar-refractivity contribution in [2.45, 2.75) is 32.6 Å². The number of benzene rings is 2. The first-order valence-corrected chi connectivity index (χ1v) is 11.9. The van der Waals surface area contributed by atoms with Crippen molar-refractivity contribution < 1.29 is 24.2 Å². The summed E-state index contributed by atoms with van der Waals surface area (Å²) < 4.78 is 5.56. The Morgan fingerprint density at radius 1 is 1.11 bits per heavy atom. The lowest BCUT2D eigenvalue weighted by molar-refractivity contribution is -0.169. The molecule has 1 aliphatic heterocycles. The van der Waals surface area contributed by atoms with Crippen LogP contribution in [0.1, 0.15) is 43.7 Å². The third-order valence-corrected chi connectivity index (χ3v) is 7.20. The molecule has 0 spiro atoms. The van der Waals surface area contributed by atoms with Crippen LogP contribution in [0.15, 0.2) is 61.2 Å². The van der Waals surface area contributed by atoms with Gasteiger partial charge in [-0.3, -0.25) is 9.59 Å². The molecule has 0 atom stereocenters. The molecule has 1 aliphatic carbocycles. The number of hydrogen-bond acceptors (Lipinski definition) is 4. The number of aliphatic carboxylic acids is 1. The Bertz CT molecular complexity index is 1100. The normalized spacial score (nSPS) is 16.0. The van der Waals surface area contributed by atoms with Gasteiger partial charge in [-0.1, -0.05) is 68.5 Å². The van der Waals surface area contributed by atoms with Gasteiger partial charge in [-0.25, -0.2) is 4.79 Å². The number of carboxylic acid groups (broad SMARTS) is 1. The molecule has 184 valence electrons. The van der Waals surface area contributed by atoms with Gasteiger partial charge in [-0.2, -0.15) is 0 Å². The van der Waals surface area contributed by atoms with Crippen molar-refractivity contribution in [1.29, 1.82) is 0 Å².